The normalized spacial score (nSPS) is 17.7. The topological polar surface area (TPSA) is 29.5 Å². The maximum atomic E-state index is 13.0. The highest BCUT2D eigenvalue weighted by molar-refractivity contribution is 5.78. The Bertz CT molecular complexity index is 615. The summed E-state index contributed by atoms with van der Waals surface area (Å²) in [5.74, 6) is 0.324. The zero-order valence-corrected chi connectivity index (χ0v) is 14.9. The molecule has 0 N–H and O–H groups in total. The summed E-state index contributed by atoms with van der Waals surface area (Å²) in [7, 11) is 0. The van der Waals surface area contributed by atoms with Gasteiger partial charge >= 0.3 is 0 Å². The Balaban J connectivity index is 1.75. The van der Waals surface area contributed by atoms with Gasteiger partial charge in [0.05, 0.1) is 6.10 Å². The van der Waals surface area contributed by atoms with Crippen molar-refractivity contribution in [2.75, 3.05) is 19.7 Å². The summed E-state index contributed by atoms with van der Waals surface area (Å²) >= 11 is 0. The van der Waals surface area contributed by atoms with Gasteiger partial charge in [0, 0.05) is 32.0 Å². The largest absolute Gasteiger partial charge is 0.377 e. The molecule has 0 saturated carbocycles. The maximum absolute atomic E-state index is 13.0. The smallest absolute Gasteiger partial charge is 0.223 e. The Hall–Kier alpha value is -2.13. The van der Waals surface area contributed by atoms with Crippen LogP contribution in [0.1, 0.15) is 43.2 Å². The highest BCUT2D eigenvalue weighted by Crippen LogP contribution is 2.29. The summed E-state index contributed by atoms with van der Waals surface area (Å²) in [6.07, 6.45) is 2.78. The summed E-state index contributed by atoms with van der Waals surface area (Å²) in [5, 5.41) is 0. The van der Waals surface area contributed by atoms with E-state index in [0.717, 1.165) is 25.9 Å². The number of likely N-dealkylation sites (tertiary alicyclic amines) is 1. The van der Waals surface area contributed by atoms with Crippen LogP contribution in [0, 0.1) is 0 Å². The van der Waals surface area contributed by atoms with E-state index >= 15 is 0 Å². The summed E-state index contributed by atoms with van der Waals surface area (Å²) < 4.78 is 5.74. The molecule has 0 bridgehead atoms. The quantitative estimate of drug-likeness (QED) is 0.789. The van der Waals surface area contributed by atoms with Crippen LogP contribution in [0.15, 0.2) is 60.7 Å². The van der Waals surface area contributed by atoms with E-state index in [2.05, 4.69) is 24.3 Å². The van der Waals surface area contributed by atoms with Crippen LogP contribution in [-0.4, -0.2) is 36.6 Å². The Morgan fingerprint density at radius 1 is 1.08 bits per heavy atom. The first-order valence-corrected chi connectivity index (χ1v) is 9.27. The SMILES string of the molecule is CCOC1CCCN(C(=O)CC(c2ccccc2)c2ccccc2)C1. The van der Waals surface area contributed by atoms with Gasteiger partial charge < -0.3 is 9.64 Å². The molecule has 1 aliphatic heterocycles. The molecule has 0 radical (unpaired) electrons. The van der Waals surface area contributed by atoms with E-state index in [-0.39, 0.29) is 17.9 Å². The van der Waals surface area contributed by atoms with Crippen molar-refractivity contribution in [3.05, 3.63) is 71.8 Å². The molecule has 0 aliphatic carbocycles. The molecular weight excluding hydrogens is 310 g/mol. The molecule has 25 heavy (non-hydrogen) atoms. The minimum Gasteiger partial charge on any atom is -0.377 e. The molecule has 2 aromatic rings. The van der Waals surface area contributed by atoms with Crippen LogP contribution in [0.5, 0.6) is 0 Å². The second-order valence-electron chi connectivity index (χ2n) is 6.64. The summed E-state index contributed by atoms with van der Waals surface area (Å²) in [6, 6.07) is 20.7. The monoisotopic (exact) mass is 337 g/mol. The number of carbonyl (C=O) groups is 1. The summed E-state index contributed by atoms with van der Waals surface area (Å²) in [6.45, 7) is 4.30. The third-order valence-corrected chi connectivity index (χ3v) is 4.92. The molecule has 1 amide bonds. The first-order chi connectivity index (χ1) is 12.3. The van der Waals surface area contributed by atoms with Crippen molar-refractivity contribution >= 4 is 5.91 Å². The molecule has 1 unspecified atom stereocenters. The number of nitrogens with zero attached hydrogens (tertiary/aromatic N) is 1. The Morgan fingerprint density at radius 2 is 1.68 bits per heavy atom. The zero-order valence-electron chi connectivity index (χ0n) is 14.9. The average Bonchev–Trinajstić information content (AvgIpc) is 2.68. The molecule has 3 rings (SSSR count). The molecule has 1 fully saturated rings. The molecule has 3 nitrogen and oxygen atoms in total. The summed E-state index contributed by atoms with van der Waals surface area (Å²) in [5.41, 5.74) is 2.39. The molecule has 132 valence electrons. The molecule has 2 aromatic carbocycles. The van der Waals surface area contributed by atoms with Crippen molar-refractivity contribution in [2.45, 2.75) is 38.2 Å². The van der Waals surface area contributed by atoms with Gasteiger partial charge in [-0.2, -0.15) is 0 Å². The first-order valence-electron chi connectivity index (χ1n) is 9.27. The van der Waals surface area contributed by atoms with Gasteiger partial charge in [0.2, 0.25) is 5.91 Å². The lowest BCUT2D eigenvalue weighted by Gasteiger charge is -2.33. The maximum Gasteiger partial charge on any atom is 0.223 e. The van der Waals surface area contributed by atoms with Crippen LogP contribution >= 0.6 is 0 Å². The van der Waals surface area contributed by atoms with Crippen LogP contribution in [-0.2, 0) is 9.53 Å². The van der Waals surface area contributed by atoms with Crippen molar-refractivity contribution in [3.63, 3.8) is 0 Å². The number of carbonyl (C=O) groups excluding carboxylic acids is 1. The van der Waals surface area contributed by atoms with E-state index in [1.807, 2.05) is 48.2 Å². The van der Waals surface area contributed by atoms with E-state index in [1.54, 1.807) is 0 Å². The Kier molecular flexibility index (Phi) is 6.24. The number of piperidine rings is 1. The van der Waals surface area contributed by atoms with E-state index in [4.69, 9.17) is 4.74 Å². The molecule has 1 heterocycles. The molecule has 1 atom stereocenters. The van der Waals surface area contributed by atoms with Crippen LogP contribution in [0.3, 0.4) is 0 Å². The fourth-order valence-electron chi connectivity index (χ4n) is 3.64. The standard InChI is InChI=1S/C22H27NO2/c1-2-25-20-14-9-15-23(17-20)22(24)16-21(18-10-5-3-6-11-18)19-12-7-4-8-13-19/h3-8,10-13,20-21H,2,9,14-17H2,1H3. The highest BCUT2D eigenvalue weighted by Gasteiger charge is 2.26. The highest BCUT2D eigenvalue weighted by atomic mass is 16.5. The van der Waals surface area contributed by atoms with Crippen molar-refractivity contribution in [3.8, 4) is 0 Å². The van der Waals surface area contributed by atoms with Gasteiger partial charge in [0.25, 0.3) is 0 Å². The van der Waals surface area contributed by atoms with Gasteiger partial charge in [0.1, 0.15) is 0 Å². The number of amides is 1. The van der Waals surface area contributed by atoms with Crippen molar-refractivity contribution in [1.29, 1.82) is 0 Å². The number of ether oxygens (including phenoxy) is 1. The van der Waals surface area contributed by atoms with E-state index in [9.17, 15) is 4.79 Å². The van der Waals surface area contributed by atoms with Gasteiger partial charge in [-0.1, -0.05) is 60.7 Å². The van der Waals surface area contributed by atoms with Gasteiger partial charge in [-0.15, -0.1) is 0 Å². The molecule has 1 saturated heterocycles. The minimum absolute atomic E-state index is 0.0994. The van der Waals surface area contributed by atoms with Gasteiger partial charge in [-0.3, -0.25) is 4.79 Å². The Labute approximate surface area is 150 Å². The minimum atomic E-state index is 0.0994. The van der Waals surface area contributed by atoms with E-state index in [0.29, 0.717) is 13.0 Å². The molecular formula is C22H27NO2. The second-order valence-corrected chi connectivity index (χ2v) is 6.64. The lowest BCUT2D eigenvalue weighted by atomic mass is 9.88. The number of hydrogen-bond acceptors (Lipinski definition) is 2. The van der Waals surface area contributed by atoms with Crippen molar-refractivity contribution in [1.82, 2.24) is 4.90 Å². The van der Waals surface area contributed by atoms with Crippen molar-refractivity contribution < 1.29 is 9.53 Å². The van der Waals surface area contributed by atoms with Crippen LogP contribution in [0.2, 0.25) is 0 Å². The van der Waals surface area contributed by atoms with Crippen molar-refractivity contribution in [2.24, 2.45) is 0 Å². The molecule has 0 aromatic heterocycles. The molecule has 1 aliphatic rings. The van der Waals surface area contributed by atoms with Crippen LogP contribution in [0.25, 0.3) is 0 Å². The van der Waals surface area contributed by atoms with E-state index in [1.165, 1.54) is 11.1 Å². The molecule has 3 heteroatoms. The lowest BCUT2D eigenvalue weighted by molar-refractivity contribution is -0.135. The molecule has 0 spiro atoms. The van der Waals surface area contributed by atoms with E-state index < -0.39 is 0 Å². The first kappa shape index (κ1) is 17.7. The second kappa shape index (κ2) is 8.82. The third-order valence-electron chi connectivity index (χ3n) is 4.92. The number of rotatable bonds is 6. The van der Waals surface area contributed by atoms with Gasteiger partial charge in [-0.25, -0.2) is 0 Å². The van der Waals surface area contributed by atoms with Gasteiger partial charge in [-0.05, 0) is 30.9 Å². The summed E-state index contributed by atoms with van der Waals surface area (Å²) in [4.78, 5) is 15.0. The number of benzene rings is 2. The lowest BCUT2D eigenvalue weighted by Crippen LogP contribution is -2.43. The van der Waals surface area contributed by atoms with Crippen LogP contribution in [0.4, 0.5) is 0 Å². The van der Waals surface area contributed by atoms with Gasteiger partial charge in [0.15, 0.2) is 0 Å². The van der Waals surface area contributed by atoms with Crippen LogP contribution < -0.4 is 0 Å². The zero-order chi connectivity index (χ0) is 17.5. The average molecular weight is 337 g/mol. The fraction of sp³-hybridized carbons (Fsp3) is 0.409. The predicted molar refractivity (Wildman–Crippen MR) is 101 cm³/mol. The Morgan fingerprint density at radius 3 is 2.24 bits per heavy atom. The predicted octanol–water partition coefficient (Wildman–Crippen LogP) is 4.24. The number of hydrogen-bond donors (Lipinski definition) is 0. The third kappa shape index (κ3) is 4.70. The fourth-order valence-corrected chi connectivity index (χ4v) is 3.64.